The minimum absolute atomic E-state index is 0.134. The minimum atomic E-state index is -0.134. The molecule has 1 aromatic carbocycles. The van der Waals surface area contributed by atoms with Gasteiger partial charge in [0, 0.05) is 10.9 Å². The van der Waals surface area contributed by atoms with Gasteiger partial charge in [-0.1, -0.05) is 22.0 Å². The van der Waals surface area contributed by atoms with Crippen LogP contribution >= 0.6 is 15.9 Å². The Morgan fingerprint density at radius 2 is 1.85 bits per heavy atom. The van der Waals surface area contributed by atoms with E-state index < -0.39 is 0 Å². The molecule has 0 aliphatic heterocycles. The summed E-state index contributed by atoms with van der Waals surface area (Å²) in [4.78, 5) is 13.1. The molecule has 0 radical (unpaired) electrons. The van der Waals surface area contributed by atoms with Crippen molar-refractivity contribution in [2.75, 3.05) is 20.8 Å². The number of methoxy groups -OCH3 is 2. The fourth-order valence-electron chi connectivity index (χ4n) is 5.96. The first-order chi connectivity index (χ1) is 12.5. The Morgan fingerprint density at radius 1 is 1.15 bits per heavy atom. The lowest BCUT2D eigenvalue weighted by atomic mass is 9.49. The van der Waals surface area contributed by atoms with Gasteiger partial charge in [0.15, 0.2) is 11.5 Å². The molecule has 1 N–H and O–H groups in total. The number of amides is 1. The zero-order valence-electron chi connectivity index (χ0n) is 15.6. The van der Waals surface area contributed by atoms with Crippen LogP contribution in [-0.4, -0.2) is 31.0 Å². The average Bonchev–Trinajstić information content (AvgIpc) is 2.59. The van der Waals surface area contributed by atoms with Gasteiger partial charge in [0.2, 0.25) is 5.91 Å². The largest absolute Gasteiger partial charge is 0.493 e. The summed E-state index contributed by atoms with van der Waals surface area (Å²) in [5.74, 6) is 3.20. The summed E-state index contributed by atoms with van der Waals surface area (Å²) in [7, 11) is 3.28. The van der Waals surface area contributed by atoms with Crippen LogP contribution < -0.4 is 14.8 Å². The molecular formula is C21H28BrNO3. The van der Waals surface area contributed by atoms with Gasteiger partial charge in [0.25, 0.3) is 0 Å². The van der Waals surface area contributed by atoms with E-state index in [1.165, 1.54) is 19.3 Å². The summed E-state index contributed by atoms with van der Waals surface area (Å²) in [5, 5.41) is 3.24. The van der Waals surface area contributed by atoms with Gasteiger partial charge in [-0.05, 0) is 74.5 Å². The summed E-state index contributed by atoms with van der Waals surface area (Å²) in [6, 6.07) is 5.94. The lowest BCUT2D eigenvalue weighted by molar-refractivity contribution is -0.143. The second kappa shape index (κ2) is 6.74. The van der Waals surface area contributed by atoms with E-state index in [4.69, 9.17) is 9.47 Å². The molecule has 142 valence electrons. The van der Waals surface area contributed by atoms with Gasteiger partial charge < -0.3 is 14.8 Å². The number of hydrogen-bond donors (Lipinski definition) is 1. The number of alkyl halides is 1. The number of carbonyl (C=O) groups excluding carboxylic acids is 1. The third kappa shape index (κ3) is 3.23. The summed E-state index contributed by atoms with van der Waals surface area (Å²) in [6.07, 6.45) is 7.81. The summed E-state index contributed by atoms with van der Waals surface area (Å²) >= 11 is 3.99. The van der Waals surface area contributed by atoms with E-state index in [1.807, 2.05) is 18.2 Å². The number of halogens is 1. The first kappa shape index (κ1) is 18.1. The average molecular weight is 422 g/mol. The molecule has 4 bridgehead atoms. The van der Waals surface area contributed by atoms with Crippen molar-refractivity contribution in [3.8, 4) is 11.5 Å². The van der Waals surface area contributed by atoms with Crippen LogP contribution in [0.2, 0.25) is 0 Å². The maximum atomic E-state index is 13.1. The Labute approximate surface area is 164 Å². The Bertz CT molecular complexity index is 690. The monoisotopic (exact) mass is 421 g/mol. The predicted molar refractivity (Wildman–Crippen MR) is 105 cm³/mol. The second-order valence-corrected chi connectivity index (χ2v) is 10.3. The third-order valence-electron chi connectivity index (χ3n) is 6.62. The molecule has 4 aliphatic rings. The van der Waals surface area contributed by atoms with Gasteiger partial charge in [-0.15, -0.1) is 0 Å². The van der Waals surface area contributed by atoms with Crippen molar-refractivity contribution in [2.24, 2.45) is 17.3 Å². The fraction of sp³-hybridized carbons (Fsp3) is 0.667. The molecule has 2 atom stereocenters. The highest BCUT2D eigenvalue weighted by atomic mass is 79.9. The van der Waals surface area contributed by atoms with Gasteiger partial charge >= 0.3 is 0 Å². The third-order valence-corrected chi connectivity index (χ3v) is 7.55. The molecule has 26 heavy (non-hydrogen) atoms. The molecule has 5 rings (SSSR count). The van der Waals surface area contributed by atoms with E-state index >= 15 is 0 Å². The van der Waals surface area contributed by atoms with Gasteiger partial charge in [0.1, 0.15) is 0 Å². The molecule has 0 saturated heterocycles. The van der Waals surface area contributed by atoms with Crippen LogP contribution in [0.5, 0.6) is 11.5 Å². The van der Waals surface area contributed by atoms with Gasteiger partial charge in [-0.25, -0.2) is 0 Å². The van der Waals surface area contributed by atoms with Crippen molar-refractivity contribution >= 4 is 21.8 Å². The Balaban J connectivity index is 1.37. The number of ether oxygens (including phenoxy) is 2. The highest BCUT2D eigenvalue weighted by Crippen LogP contribution is 2.64. The Kier molecular flexibility index (Phi) is 4.70. The van der Waals surface area contributed by atoms with E-state index in [2.05, 4.69) is 21.2 Å². The van der Waals surface area contributed by atoms with E-state index in [-0.39, 0.29) is 15.6 Å². The smallest absolute Gasteiger partial charge is 0.226 e. The van der Waals surface area contributed by atoms with E-state index in [0.29, 0.717) is 6.54 Å². The number of hydrogen-bond acceptors (Lipinski definition) is 3. The van der Waals surface area contributed by atoms with Crippen molar-refractivity contribution in [3.63, 3.8) is 0 Å². The van der Waals surface area contributed by atoms with Crippen LogP contribution in [0.3, 0.4) is 0 Å². The highest BCUT2D eigenvalue weighted by molar-refractivity contribution is 9.10. The summed E-state index contributed by atoms with van der Waals surface area (Å²) in [6.45, 7) is 0.667. The van der Waals surface area contributed by atoms with Gasteiger partial charge in [-0.2, -0.15) is 0 Å². The minimum Gasteiger partial charge on any atom is -0.493 e. The molecule has 4 fully saturated rings. The molecule has 4 aliphatic carbocycles. The van der Waals surface area contributed by atoms with Crippen LogP contribution in [0.1, 0.15) is 44.1 Å². The zero-order valence-corrected chi connectivity index (χ0v) is 17.2. The highest BCUT2D eigenvalue weighted by Gasteiger charge is 2.59. The van der Waals surface area contributed by atoms with Crippen molar-refractivity contribution in [1.82, 2.24) is 5.32 Å². The van der Waals surface area contributed by atoms with Crippen molar-refractivity contribution in [2.45, 2.75) is 49.3 Å². The first-order valence-corrected chi connectivity index (χ1v) is 10.4. The summed E-state index contributed by atoms with van der Waals surface area (Å²) in [5.41, 5.74) is 1.01. The molecule has 5 heteroatoms. The lowest BCUT2D eigenvalue weighted by Gasteiger charge is -2.59. The van der Waals surface area contributed by atoms with Crippen LogP contribution in [-0.2, 0) is 11.2 Å². The van der Waals surface area contributed by atoms with Crippen molar-refractivity contribution < 1.29 is 14.3 Å². The SMILES string of the molecule is COc1ccc(CCNC(=O)C23C[C@@H]4C[C@H](CC(Br)(C4)C2)C3)cc1OC. The maximum absolute atomic E-state index is 13.1. The van der Waals surface area contributed by atoms with Crippen LogP contribution in [0.15, 0.2) is 18.2 Å². The van der Waals surface area contributed by atoms with E-state index in [1.54, 1.807) is 14.2 Å². The molecule has 0 unspecified atom stereocenters. The standard InChI is InChI=1S/C21H28BrNO3/c1-25-17-4-3-14(8-18(17)26-2)5-6-23-19(24)20-9-15-7-16(10-20)12-21(22,11-15)13-20/h3-4,8,15-16H,5-7,9-13H2,1-2H3,(H,23,24)/t15-,16-,20?,21?/m0/s1. The van der Waals surface area contributed by atoms with Crippen LogP contribution in [0, 0.1) is 17.3 Å². The topological polar surface area (TPSA) is 47.6 Å². The number of rotatable bonds is 6. The van der Waals surface area contributed by atoms with Gasteiger partial charge in [-0.3, -0.25) is 4.79 Å². The normalized spacial score (nSPS) is 34.6. The zero-order chi connectivity index (χ0) is 18.4. The van der Waals surface area contributed by atoms with E-state index in [0.717, 1.165) is 54.6 Å². The molecule has 0 heterocycles. The predicted octanol–water partition coefficient (Wildman–Crippen LogP) is 4.10. The molecule has 4 saturated carbocycles. The van der Waals surface area contributed by atoms with Crippen LogP contribution in [0.25, 0.3) is 0 Å². The molecule has 0 spiro atoms. The lowest BCUT2D eigenvalue weighted by Crippen LogP contribution is -2.58. The quantitative estimate of drug-likeness (QED) is 0.703. The molecule has 0 aromatic heterocycles. The fourth-order valence-corrected chi connectivity index (χ4v) is 7.41. The maximum Gasteiger partial charge on any atom is 0.226 e. The molecule has 1 aromatic rings. The Hall–Kier alpha value is -1.23. The van der Waals surface area contributed by atoms with Gasteiger partial charge in [0.05, 0.1) is 19.6 Å². The molecule has 4 nitrogen and oxygen atoms in total. The van der Waals surface area contributed by atoms with E-state index in [9.17, 15) is 4.79 Å². The molecular weight excluding hydrogens is 394 g/mol. The number of nitrogens with one attached hydrogen (secondary N) is 1. The second-order valence-electron chi connectivity index (χ2n) is 8.59. The number of benzene rings is 1. The Morgan fingerprint density at radius 3 is 2.46 bits per heavy atom. The number of carbonyl (C=O) groups is 1. The van der Waals surface area contributed by atoms with Crippen molar-refractivity contribution in [1.29, 1.82) is 0 Å². The molecule has 1 amide bonds. The van der Waals surface area contributed by atoms with Crippen molar-refractivity contribution in [3.05, 3.63) is 23.8 Å². The van der Waals surface area contributed by atoms with Crippen LogP contribution in [0.4, 0.5) is 0 Å². The first-order valence-electron chi connectivity index (χ1n) is 9.63. The summed E-state index contributed by atoms with van der Waals surface area (Å²) < 4.78 is 10.9.